The molecule has 9 nitrogen and oxygen atoms in total. The van der Waals surface area contributed by atoms with Crippen LogP contribution in [0, 0.1) is 6.92 Å². The number of amides is 1. The highest BCUT2D eigenvalue weighted by Crippen LogP contribution is 2.29. The number of benzene rings is 1. The highest BCUT2D eigenvalue weighted by Gasteiger charge is 2.27. The molecule has 0 radical (unpaired) electrons. The first-order chi connectivity index (χ1) is 17.2. The average molecular weight is 512 g/mol. The first kappa shape index (κ1) is 25.7. The van der Waals surface area contributed by atoms with E-state index in [9.17, 15) is 4.79 Å². The Morgan fingerprint density at radius 1 is 1.11 bits per heavy atom. The van der Waals surface area contributed by atoms with Gasteiger partial charge in [-0.25, -0.2) is 14.5 Å². The van der Waals surface area contributed by atoms with Crippen LogP contribution in [0.15, 0.2) is 36.5 Å². The van der Waals surface area contributed by atoms with Gasteiger partial charge in [0.15, 0.2) is 11.9 Å². The molecule has 2 aromatic heterocycles. The zero-order valence-corrected chi connectivity index (χ0v) is 22.2. The highest BCUT2D eigenvalue weighted by molar-refractivity contribution is 7.15. The number of methoxy groups -OCH3 is 1. The molecule has 1 amide bonds. The molecule has 36 heavy (non-hydrogen) atoms. The van der Waals surface area contributed by atoms with E-state index in [-0.39, 0.29) is 12.9 Å². The average Bonchev–Trinajstić information content (AvgIpc) is 3.44. The van der Waals surface area contributed by atoms with E-state index >= 15 is 0 Å². The summed E-state index contributed by atoms with van der Waals surface area (Å²) in [7, 11) is 1.58. The minimum Gasteiger partial charge on any atom is -0.449 e. The fraction of sp³-hybridized carbons (Fsp3) is 0.423. The number of carbonyl (C=O) groups is 1. The smallest absolute Gasteiger partial charge is 0.410 e. The zero-order chi connectivity index (χ0) is 25.7. The van der Waals surface area contributed by atoms with Crippen molar-refractivity contribution in [3.63, 3.8) is 0 Å². The third-order valence-corrected chi connectivity index (χ3v) is 6.53. The number of nitrogens with zero attached hydrogens (tertiary/aromatic N) is 5. The first-order valence-corrected chi connectivity index (χ1v) is 12.7. The molecular weight excluding hydrogens is 478 g/mol. The Morgan fingerprint density at radius 3 is 2.50 bits per heavy atom. The number of piperazine rings is 1. The number of aromatic nitrogens is 3. The quantitative estimate of drug-likeness (QED) is 0.420. The Labute approximate surface area is 215 Å². The summed E-state index contributed by atoms with van der Waals surface area (Å²) >= 11 is 1.65. The van der Waals surface area contributed by atoms with Crippen LogP contribution in [0.3, 0.4) is 0 Å². The van der Waals surface area contributed by atoms with Gasteiger partial charge < -0.3 is 24.0 Å². The molecule has 1 aliphatic heterocycles. The van der Waals surface area contributed by atoms with Crippen LogP contribution < -0.4 is 9.64 Å². The number of anilines is 1. The number of hydrogen-bond donors (Lipinski definition) is 0. The summed E-state index contributed by atoms with van der Waals surface area (Å²) in [6.45, 7) is 10.5. The minimum absolute atomic E-state index is 0.113. The number of hydrogen-bond acceptors (Lipinski definition) is 8. The van der Waals surface area contributed by atoms with Crippen LogP contribution in [-0.2, 0) is 9.47 Å². The Balaban J connectivity index is 1.45. The molecule has 10 heteroatoms. The van der Waals surface area contributed by atoms with E-state index in [1.807, 2.05) is 69.5 Å². The van der Waals surface area contributed by atoms with Gasteiger partial charge in [0, 0.05) is 44.4 Å². The Morgan fingerprint density at radius 2 is 1.83 bits per heavy atom. The SMILES string of the molecule is COCOc1nn(-c2ccccc2)cc1/C=C/c1nc(N2CCN(C(=O)OC(C)(C)C)CC2)sc1C. The summed E-state index contributed by atoms with van der Waals surface area (Å²) in [5, 5.41) is 5.52. The van der Waals surface area contributed by atoms with Crippen molar-refractivity contribution in [3.8, 4) is 11.6 Å². The molecule has 0 aliphatic carbocycles. The van der Waals surface area contributed by atoms with Crippen LogP contribution in [0.1, 0.15) is 36.9 Å². The van der Waals surface area contributed by atoms with Gasteiger partial charge in [0.05, 0.1) is 16.9 Å². The standard InChI is InChI=1S/C26H33N5O4S/c1-19-22(27-24(36-19)29-13-15-30(16-14-29)25(32)35-26(2,3)4)12-11-20-17-31(21-9-7-6-8-10-21)28-23(20)34-18-33-5/h6-12,17H,13-16,18H2,1-5H3/b12-11+. The van der Waals surface area contributed by atoms with Crippen LogP contribution in [0.5, 0.6) is 5.88 Å². The summed E-state index contributed by atoms with van der Waals surface area (Å²) in [6.07, 6.45) is 5.61. The van der Waals surface area contributed by atoms with E-state index in [1.165, 1.54) is 0 Å². The summed E-state index contributed by atoms with van der Waals surface area (Å²) in [5.74, 6) is 0.489. The monoisotopic (exact) mass is 511 g/mol. The Kier molecular flexibility index (Phi) is 7.95. The summed E-state index contributed by atoms with van der Waals surface area (Å²) in [4.78, 5) is 22.3. The van der Waals surface area contributed by atoms with Crippen molar-refractivity contribution in [2.75, 3.05) is 45.0 Å². The molecule has 1 fully saturated rings. The molecule has 192 valence electrons. The van der Waals surface area contributed by atoms with Gasteiger partial charge in [-0.1, -0.05) is 18.2 Å². The van der Waals surface area contributed by atoms with Crippen molar-refractivity contribution in [1.29, 1.82) is 0 Å². The van der Waals surface area contributed by atoms with Crippen molar-refractivity contribution in [1.82, 2.24) is 19.7 Å². The second-order valence-corrected chi connectivity index (χ2v) is 10.6. The van der Waals surface area contributed by atoms with Crippen LogP contribution in [0.25, 0.3) is 17.8 Å². The second-order valence-electron chi connectivity index (χ2n) is 9.45. The number of aryl methyl sites for hydroxylation is 1. The fourth-order valence-corrected chi connectivity index (χ4v) is 4.63. The normalized spacial score (nSPS) is 14.5. The van der Waals surface area contributed by atoms with E-state index in [4.69, 9.17) is 19.2 Å². The molecule has 1 saturated heterocycles. The molecule has 0 unspecified atom stereocenters. The third-order valence-electron chi connectivity index (χ3n) is 5.48. The maximum atomic E-state index is 12.4. The molecule has 3 heterocycles. The lowest BCUT2D eigenvalue weighted by Gasteiger charge is -2.35. The molecule has 0 N–H and O–H groups in total. The van der Waals surface area contributed by atoms with Crippen molar-refractivity contribution >= 4 is 34.7 Å². The number of rotatable bonds is 7. The largest absolute Gasteiger partial charge is 0.449 e. The minimum atomic E-state index is -0.492. The predicted molar refractivity (Wildman–Crippen MR) is 142 cm³/mol. The lowest BCUT2D eigenvalue weighted by atomic mass is 10.2. The van der Waals surface area contributed by atoms with E-state index in [1.54, 1.807) is 28.0 Å². The van der Waals surface area contributed by atoms with Crippen LogP contribution in [0.2, 0.25) is 0 Å². The van der Waals surface area contributed by atoms with Crippen molar-refractivity contribution in [2.24, 2.45) is 0 Å². The van der Waals surface area contributed by atoms with Gasteiger partial charge in [-0.2, -0.15) is 0 Å². The molecule has 0 spiro atoms. The number of para-hydroxylation sites is 1. The van der Waals surface area contributed by atoms with E-state index in [2.05, 4.69) is 16.9 Å². The predicted octanol–water partition coefficient (Wildman–Crippen LogP) is 4.85. The number of thiazole rings is 1. The van der Waals surface area contributed by atoms with Gasteiger partial charge in [-0.15, -0.1) is 16.4 Å². The zero-order valence-electron chi connectivity index (χ0n) is 21.4. The fourth-order valence-electron chi connectivity index (χ4n) is 3.68. The van der Waals surface area contributed by atoms with Crippen LogP contribution in [0.4, 0.5) is 9.93 Å². The lowest BCUT2D eigenvalue weighted by Crippen LogP contribution is -2.50. The third kappa shape index (κ3) is 6.44. The van der Waals surface area contributed by atoms with Gasteiger partial charge >= 0.3 is 6.09 Å². The Bertz CT molecular complexity index is 1190. The van der Waals surface area contributed by atoms with Gasteiger partial charge in [0.2, 0.25) is 5.88 Å². The van der Waals surface area contributed by atoms with Crippen molar-refractivity contribution in [2.45, 2.75) is 33.3 Å². The molecule has 1 aromatic carbocycles. The van der Waals surface area contributed by atoms with E-state index < -0.39 is 5.60 Å². The molecule has 1 aliphatic rings. The van der Waals surface area contributed by atoms with Crippen LogP contribution >= 0.6 is 11.3 Å². The van der Waals surface area contributed by atoms with Crippen molar-refractivity contribution < 1.29 is 19.0 Å². The molecule has 0 atom stereocenters. The summed E-state index contributed by atoms with van der Waals surface area (Å²) in [6, 6.07) is 9.88. The van der Waals surface area contributed by atoms with Crippen molar-refractivity contribution in [3.05, 3.63) is 52.7 Å². The van der Waals surface area contributed by atoms with E-state index in [0.717, 1.165) is 27.0 Å². The molecule has 4 rings (SSSR count). The molecule has 0 bridgehead atoms. The van der Waals surface area contributed by atoms with Gasteiger partial charge in [0.25, 0.3) is 0 Å². The maximum Gasteiger partial charge on any atom is 0.410 e. The van der Waals surface area contributed by atoms with E-state index in [0.29, 0.717) is 32.1 Å². The Hall–Kier alpha value is -3.37. The molecular formula is C26H33N5O4S. The van der Waals surface area contributed by atoms with Gasteiger partial charge in [0.1, 0.15) is 5.60 Å². The first-order valence-electron chi connectivity index (χ1n) is 11.9. The molecule has 3 aromatic rings. The number of carbonyl (C=O) groups excluding carboxylic acids is 1. The molecule has 0 saturated carbocycles. The number of ether oxygens (including phenoxy) is 3. The lowest BCUT2D eigenvalue weighted by molar-refractivity contribution is 0.0240. The van der Waals surface area contributed by atoms with Crippen LogP contribution in [-0.4, -0.2) is 71.4 Å². The topological polar surface area (TPSA) is 82.0 Å². The second kappa shape index (κ2) is 11.1. The summed E-state index contributed by atoms with van der Waals surface area (Å²) < 4.78 is 18.0. The maximum absolute atomic E-state index is 12.4. The van der Waals surface area contributed by atoms with Gasteiger partial charge in [-0.05, 0) is 52.0 Å². The highest BCUT2D eigenvalue weighted by atomic mass is 32.1. The summed E-state index contributed by atoms with van der Waals surface area (Å²) in [5.41, 5.74) is 2.18. The van der Waals surface area contributed by atoms with Gasteiger partial charge in [-0.3, -0.25) is 0 Å².